The van der Waals surface area contributed by atoms with Crippen molar-refractivity contribution in [2.75, 3.05) is 12.4 Å². The Balaban J connectivity index is 1.77. The zero-order valence-electron chi connectivity index (χ0n) is 14.0. The highest BCUT2D eigenvalue weighted by Crippen LogP contribution is 2.53. The first kappa shape index (κ1) is 16.3. The topological polar surface area (TPSA) is 51.2 Å². The molecule has 1 aliphatic carbocycles. The quantitative estimate of drug-likeness (QED) is 0.733. The molecule has 2 heterocycles. The minimum Gasteiger partial charge on any atom is -0.497 e. The number of nitrogens with one attached hydrogen (secondary N) is 1. The van der Waals surface area contributed by atoms with E-state index in [1.807, 2.05) is 24.4 Å². The first-order valence-corrected chi connectivity index (χ1v) is 9.79. The number of thiazole rings is 1. The van der Waals surface area contributed by atoms with Gasteiger partial charge in [-0.05, 0) is 48.1 Å². The molecule has 0 aliphatic heterocycles. The maximum Gasteiger partial charge on any atom is 0.233 e. The molecule has 0 saturated heterocycles. The van der Waals surface area contributed by atoms with Gasteiger partial charge in [-0.15, -0.1) is 22.7 Å². The maximum absolute atomic E-state index is 13.2. The van der Waals surface area contributed by atoms with E-state index in [4.69, 9.17) is 4.74 Å². The van der Waals surface area contributed by atoms with Gasteiger partial charge >= 0.3 is 0 Å². The van der Waals surface area contributed by atoms with E-state index in [-0.39, 0.29) is 11.8 Å². The molecule has 0 saturated carbocycles. The van der Waals surface area contributed by atoms with Crippen LogP contribution >= 0.6 is 22.7 Å². The van der Waals surface area contributed by atoms with Crippen LogP contribution in [0.25, 0.3) is 0 Å². The summed E-state index contributed by atoms with van der Waals surface area (Å²) < 4.78 is 5.41. The van der Waals surface area contributed by atoms with E-state index in [0.29, 0.717) is 11.6 Å². The SMILES string of the molecule is COc1ccc2c(c1)[C@H](c1cccs1)[C@](C)(C(=O)Nc1nccs1)C2. The van der Waals surface area contributed by atoms with E-state index in [9.17, 15) is 4.79 Å². The normalized spacial score (nSPS) is 21.8. The number of hydrogen-bond donors (Lipinski definition) is 1. The van der Waals surface area contributed by atoms with Gasteiger partial charge in [-0.2, -0.15) is 0 Å². The van der Waals surface area contributed by atoms with Gasteiger partial charge in [0.15, 0.2) is 5.13 Å². The van der Waals surface area contributed by atoms with Crippen LogP contribution in [-0.4, -0.2) is 18.0 Å². The van der Waals surface area contributed by atoms with Crippen LogP contribution in [0.1, 0.15) is 28.8 Å². The number of amides is 1. The number of fused-ring (bicyclic) bond motifs is 1. The molecule has 6 heteroatoms. The van der Waals surface area contributed by atoms with Crippen molar-refractivity contribution in [3.05, 3.63) is 63.3 Å². The predicted molar refractivity (Wildman–Crippen MR) is 102 cm³/mol. The van der Waals surface area contributed by atoms with Gasteiger partial charge < -0.3 is 10.1 Å². The lowest BCUT2D eigenvalue weighted by Gasteiger charge is -2.29. The third-order valence-corrected chi connectivity index (χ3v) is 6.48. The summed E-state index contributed by atoms with van der Waals surface area (Å²) in [6, 6.07) is 10.3. The number of nitrogens with zero attached hydrogens (tertiary/aromatic N) is 1. The van der Waals surface area contributed by atoms with Crippen LogP contribution in [0.4, 0.5) is 5.13 Å². The fourth-order valence-electron chi connectivity index (χ4n) is 3.63. The van der Waals surface area contributed by atoms with Crippen molar-refractivity contribution >= 4 is 33.7 Å². The molecule has 2 atom stereocenters. The van der Waals surface area contributed by atoms with Crippen molar-refractivity contribution in [1.29, 1.82) is 0 Å². The van der Waals surface area contributed by atoms with Crippen LogP contribution in [0.15, 0.2) is 47.3 Å². The largest absolute Gasteiger partial charge is 0.497 e. The number of benzene rings is 1. The molecule has 1 aromatic carbocycles. The Morgan fingerprint density at radius 2 is 2.20 bits per heavy atom. The fraction of sp³-hybridized carbons (Fsp3) is 0.263. The lowest BCUT2D eigenvalue weighted by atomic mass is 9.76. The molecule has 4 rings (SSSR count). The van der Waals surface area contributed by atoms with Crippen molar-refractivity contribution in [3.8, 4) is 5.75 Å². The Morgan fingerprint density at radius 3 is 2.88 bits per heavy atom. The number of thiophene rings is 1. The molecular formula is C19H18N2O2S2. The summed E-state index contributed by atoms with van der Waals surface area (Å²) in [6.45, 7) is 2.05. The molecule has 0 spiro atoms. The van der Waals surface area contributed by atoms with Crippen LogP contribution in [0.3, 0.4) is 0 Å². The Morgan fingerprint density at radius 1 is 1.32 bits per heavy atom. The van der Waals surface area contributed by atoms with E-state index in [1.54, 1.807) is 24.6 Å². The van der Waals surface area contributed by atoms with Gasteiger partial charge in [0.05, 0.1) is 12.5 Å². The average Bonchev–Trinajstić information content (AvgIpc) is 3.33. The van der Waals surface area contributed by atoms with Gasteiger partial charge in [0, 0.05) is 22.4 Å². The molecule has 0 unspecified atom stereocenters. The minimum atomic E-state index is -0.564. The van der Waals surface area contributed by atoms with E-state index in [2.05, 4.69) is 33.9 Å². The van der Waals surface area contributed by atoms with Crippen LogP contribution in [0.2, 0.25) is 0 Å². The van der Waals surface area contributed by atoms with Gasteiger partial charge in [-0.25, -0.2) is 4.98 Å². The monoisotopic (exact) mass is 370 g/mol. The van der Waals surface area contributed by atoms with Crippen molar-refractivity contribution in [2.24, 2.45) is 5.41 Å². The molecule has 0 fully saturated rings. The number of rotatable bonds is 4. The van der Waals surface area contributed by atoms with Gasteiger partial charge in [0.1, 0.15) is 5.75 Å². The smallest absolute Gasteiger partial charge is 0.233 e. The van der Waals surface area contributed by atoms with Crippen LogP contribution in [0, 0.1) is 5.41 Å². The summed E-state index contributed by atoms with van der Waals surface area (Å²) in [4.78, 5) is 18.6. The van der Waals surface area contributed by atoms with Gasteiger partial charge in [-0.1, -0.05) is 12.1 Å². The highest BCUT2D eigenvalue weighted by molar-refractivity contribution is 7.13. The lowest BCUT2D eigenvalue weighted by molar-refractivity contribution is -0.125. The molecule has 25 heavy (non-hydrogen) atoms. The average molecular weight is 370 g/mol. The van der Waals surface area contributed by atoms with Crippen molar-refractivity contribution < 1.29 is 9.53 Å². The minimum absolute atomic E-state index is 0.0102. The molecule has 0 radical (unpaired) electrons. The van der Waals surface area contributed by atoms with Gasteiger partial charge in [0.2, 0.25) is 5.91 Å². The second kappa shape index (κ2) is 6.28. The number of anilines is 1. The van der Waals surface area contributed by atoms with E-state index in [0.717, 1.165) is 5.75 Å². The lowest BCUT2D eigenvalue weighted by Crippen LogP contribution is -2.37. The summed E-state index contributed by atoms with van der Waals surface area (Å²) >= 11 is 3.13. The third-order valence-electron chi connectivity index (χ3n) is 4.86. The molecular weight excluding hydrogens is 352 g/mol. The summed E-state index contributed by atoms with van der Waals surface area (Å²) in [5, 5.41) is 7.57. The number of ether oxygens (including phenoxy) is 1. The Labute approximate surface area is 154 Å². The zero-order valence-corrected chi connectivity index (χ0v) is 15.6. The fourth-order valence-corrected chi connectivity index (χ4v) is 5.15. The second-order valence-electron chi connectivity index (χ2n) is 6.40. The van der Waals surface area contributed by atoms with E-state index < -0.39 is 5.41 Å². The zero-order chi connectivity index (χ0) is 17.4. The highest BCUT2D eigenvalue weighted by atomic mass is 32.1. The first-order chi connectivity index (χ1) is 12.1. The van der Waals surface area contributed by atoms with Crippen LogP contribution < -0.4 is 10.1 Å². The Bertz CT molecular complexity index is 890. The van der Waals surface area contributed by atoms with Gasteiger partial charge in [0.25, 0.3) is 0 Å². The van der Waals surface area contributed by atoms with E-state index in [1.165, 1.54) is 27.3 Å². The molecule has 1 N–H and O–H groups in total. The molecule has 0 bridgehead atoms. The van der Waals surface area contributed by atoms with E-state index >= 15 is 0 Å². The van der Waals surface area contributed by atoms with Crippen molar-refractivity contribution in [3.63, 3.8) is 0 Å². The molecule has 128 valence electrons. The Kier molecular flexibility index (Phi) is 4.09. The summed E-state index contributed by atoms with van der Waals surface area (Å²) in [5.74, 6) is 0.846. The third kappa shape index (κ3) is 2.75. The second-order valence-corrected chi connectivity index (χ2v) is 8.27. The molecule has 1 aliphatic rings. The standard InChI is InChI=1S/C19H18N2O2S2/c1-19(17(22)21-18-20-7-9-25-18)11-12-5-6-13(23-2)10-14(12)16(19)15-4-3-8-24-15/h3-10,16H,11H2,1-2H3,(H,20,21,22)/t16-,19-/m1/s1. The number of aromatic nitrogens is 1. The Hall–Kier alpha value is -2.18. The number of carbonyl (C=O) groups is 1. The summed E-state index contributed by atoms with van der Waals surface area (Å²) in [6.07, 6.45) is 2.40. The number of hydrogen-bond acceptors (Lipinski definition) is 5. The highest BCUT2D eigenvalue weighted by Gasteiger charge is 2.49. The maximum atomic E-state index is 13.2. The summed E-state index contributed by atoms with van der Waals surface area (Å²) in [7, 11) is 1.67. The van der Waals surface area contributed by atoms with Gasteiger partial charge in [-0.3, -0.25) is 4.79 Å². The molecule has 4 nitrogen and oxygen atoms in total. The molecule has 3 aromatic rings. The van der Waals surface area contributed by atoms with Crippen LogP contribution in [0.5, 0.6) is 5.75 Å². The first-order valence-electron chi connectivity index (χ1n) is 8.03. The number of carbonyl (C=O) groups excluding carboxylic acids is 1. The van der Waals surface area contributed by atoms with Crippen molar-refractivity contribution in [1.82, 2.24) is 4.98 Å². The van der Waals surface area contributed by atoms with Crippen molar-refractivity contribution in [2.45, 2.75) is 19.3 Å². The number of methoxy groups -OCH3 is 1. The summed E-state index contributed by atoms with van der Waals surface area (Å²) in [5.41, 5.74) is 1.82. The molecule has 2 aromatic heterocycles. The predicted octanol–water partition coefficient (Wildman–Crippen LogP) is 4.55. The molecule has 1 amide bonds. The van der Waals surface area contributed by atoms with Crippen LogP contribution in [-0.2, 0) is 11.2 Å².